The van der Waals surface area contributed by atoms with E-state index in [9.17, 15) is 4.79 Å². The largest absolute Gasteiger partial charge is 0.384 e. The highest BCUT2D eigenvalue weighted by Crippen LogP contribution is 2.18. The van der Waals surface area contributed by atoms with Gasteiger partial charge in [-0.05, 0) is 36.8 Å². The van der Waals surface area contributed by atoms with E-state index in [0.717, 1.165) is 5.56 Å². The fourth-order valence-corrected chi connectivity index (χ4v) is 2.85. The lowest BCUT2D eigenvalue weighted by molar-refractivity contribution is 0.0940. The van der Waals surface area contributed by atoms with Gasteiger partial charge >= 0.3 is 0 Å². The number of rotatable bonds is 4. The molecule has 0 aliphatic rings. The van der Waals surface area contributed by atoms with Gasteiger partial charge in [0.15, 0.2) is 5.65 Å². The molecule has 27 heavy (non-hydrogen) atoms. The summed E-state index contributed by atoms with van der Waals surface area (Å²) in [4.78, 5) is 21.4. The first-order chi connectivity index (χ1) is 13.1. The second-order valence-corrected chi connectivity index (χ2v) is 6.20. The number of nitrogens with one attached hydrogen (secondary N) is 1. The van der Waals surface area contributed by atoms with E-state index in [4.69, 9.17) is 5.73 Å². The predicted molar refractivity (Wildman–Crippen MR) is 103 cm³/mol. The normalized spacial score (nSPS) is 12.0. The number of benzene rings is 1. The van der Waals surface area contributed by atoms with Crippen LogP contribution < -0.4 is 11.1 Å². The highest BCUT2D eigenvalue weighted by molar-refractivity contribution is 5.96. The Morgan fingerprint density at radius 3 is 2.63 bits per heavy atom. The average Bonchev–Trinajstić information content (AvgIpc) is 3.14. The van der Waals surface area contributed by atoms with Crippen LogP contribution in [0.1, 0.15) is 28.9 Å². The molecule has 7 nitrogen and oxygen atoms in total. The number of carbonyl (C=O) groups excluding carboxylic acids is 1. The number of nitrogens with zero attached hydrogens (tertiary/aromatic N) is 4. The van der Waals surface area contributed by atoms with Crippen LogP contribution in [-0.2, 0) is 0 Å². The molecular formula is C20H18N6O. The summed E-state index contributed by atoms with van der Waals surface area (Å²) in [6.45, 7) is 1.94. The molecule has 0 fully saturated rings. The molecule has 0 aliphatic heterocycles. The molecule has 0 spiro atoms. The third-order valence-electron chi connectivity index (χ3n) is 4.27. The first-order valence-corrected chi connectivity index (χ1v) is 8.55. The Labute approximate surface area is 155 Å². The maximum absolute atomic E-state index is 12.7. The van der Waals surface area contributed by atoms with Crippen LogP contribution in [0.25, 0.3) is 17.2 Å². The van der Waals surface area contributed by atoms with Gasteiger partial charge < -0.3 is 11.1 Å². The van der Waals surface area contributed by atoms with Crippen molar-refractivity contribution in [3.63, 3.8) is 0 Å². The van der Waals surface area contributed by atoms with Gasteiger partial charge in [0.05, 0.1) is 6.04 Å². The van der Waals surface area contributed by atoms with Crippen molar-refractivity contribution in [3.8, 4) is 11.5 Å². The zero-order valence-corrected chi connectivity index (χ0v) is 14.7. The number of nitrogen functional groups attached to an aromatic ring is 1. The molecule has 0 saturated carbocycles. The van der Waals surface area contributed by atoms with Crippen LogP contribution in [0.2, 0.25) is 0 Å². The number of hydrogen-bond donors (Lipinski definition) is 2. The van der Waals surface area contributed by atoms with Crippen LogP contribution in [0.3, 0.4) is 0 Å². The van der Waals surface area contributed by atoms with Crippen molar-refractivity contribution in [2.24, 2.45) is 0 Å². The molecule has 0 bridgehead atoms. The molecule has 1 unspecified atom stereocenters. The molecule has 3 aromatic heterocycles. The second-order valence-electron chi connectivity index (χ2n) is 6.20. The summed E-state index contributed by atoms with van der Waals surface area (Å²) >= 11 is 0. The van der Waals surface area contributed by atoms with Crippen molar-refractivity contribution in [2.75, 3.05) is 5.73 Å². The Bertz CT molecular complexity index is 1090. The lowest BCUT2D eigenvalue weighted by Gasteiger charge is -2.14. The Hall–Kier alpha value is -3.74. The van der Waals surface area contributed by atoms with Crippen LogP contribution in [-0.4, -0.2) is 25.5 Å². The highest BCUT2D eigenvalue weighted by Gasteiger charge is 2.16. The van der Waals surface area contributed by atoms with Gasteiger partial charge in [-0.3, -0.25) is 9.78 Å². The molecule has 7 heteroatoms. The Morgan fingerprint density at radius 1 is 1.11 bits per heavy atom. The summed E-state index contributed by atoms with van der Waals surface area (Å²) in [5.41, 5.74) is 8.69. The van der Waals surface area contributed by atoms with Crippen molar-refractivity contribution in [1.82, 2.24) is 24.9 Å². The minimum absolute atomic E-state index is 0.127. The number of nitrogens with two attached hydrogens (primary N) is 1. The smallest absolute Gasteiger partial charge is 0.252 e. The topological polar surface area (TPSA) is 98.2 Å². The molecule has 3 heterocycles. The molecular weight excluding hydrogens is 340 g/mol. The monoisotopic (exact) mass is 358 g/mol. The molecule has 4 aromatic rings. The number of pyridine rings is 2. The lowest BCUT2D eigenvalue weighted by atomic mass is 10.1. The van der Waals surface area contributed by atoms with E-state index in [1.807, 2.05) is 55.5 Å². The Balaban J connectivity index is 1.63. The van der Waals surface area contributed by atoms with Gasteiger partial charge in [-0.2, -0.15) is 4.52 Å². The molecule has 1 amide bonds. The second kappa shape index (κ2) is 6.87. The molecule has 3 N–H and O–H groups in total. The van der Waals surface area contributed by atoms with Gasteiger partial charge in [-0.25, -0.2) is 4.98 Å². The predicted octanol–water partition coefficient (Wildman–Crippen LogP) is 2.86. The summed E-state index contributed by atoms with van der Waals surface area (Å²) in [6, 6.07) is 18.4. The lowest BCUT2D eigenvalue weighted by Crippen LogP contribution is -2.26. The molecule has 0 radical (unpaired) electrons. The van der Waals surface area contributed by atoms with Crippen molar-refractivity contribution < 1.29 is 4.79 Å². The van der Waals surface area contributed by atoms with E-state index in [2.05, 4.69) is 20.4 Å². The molecule has 0 saturated heterocycles. The van der Waals surface area contributed by atoms with Gasteiger partial charge in [-0.1, -0.05) is 36.4 Å². The fourth-order valence-electron chi connectivity index (χ4n) is 2.85. The van der Waals surface area contributed by atoms with Crippen molar-refractivity contribution in [1.29, 1.82) is 0 Å². The van der Waals surface area contributed by atoms with E-state index in [1.165, 1.54) is 4.52 Å². The van der Waals surface area contributed by atoms with Gasteiger partial charge in [0.1, 0.15) is 11.5 Å². The summed E-state index contributed by atoms with van der Waals surface area (Å²) in [5, 5.41) is 7.36. The SMILES string of the molecule is CC(NC(=O)c1cc(N)n2nc(-c3ccccn3)nc2c1)c1ccccc1. The molecule has 1 aromatic carbocycles. The minimum atomic E-state index is -0.220. The Kier molecular flexibility index (Phi) is 4.25. The van der Waals surface area contributed by atoms with Gasteiger partial charge in [0, 0.05) is 11.8 Å². The highest BCUT2D eigenvalue weighted by atomic mass is 16.1. The molecule has 134 valence electrons. The maximum atomic E-state index is 12.7. The number of anilines is 1. The number of carbonyl (C=O) groups is 1. The molecule has 0 aliphatic carbocycles. The maximum Gasteiger partial charge on any atom is 0.252 e. The van der Waals surface area contributed by atoms with Crippen LogP contribution in [0, 0.1) is 0 Å². The fraction of sp³-hybridized carbons (Fsp3) is 0.100. The van der Waals surface area contributed by atoms with Gasteiger partial charge in [0.25, 0.3) is 5.91 Å². The van der Waals surface area contributed by atoms with E-state index >= 15 is 0 Å². The zero-order chi connectivity index (χ0) is 18.8. The Morgan fingerprint density at radius 2 is 1.89 bits per heavy atom. The van der Waals surface area contributed by atoms with Gasteiger partial charge in [-0.15, -0.1) is 5.10 Å². The zero-order valence-electron chi connectivity index (χ0n) is 14.7. The third kappa shape index (κ3) is 3.35. The van der Waals surface area contributed by atoms with Gasteiger partial charge in [0.2, 0.25) is 5.82 Å². The third-order valence-corrected chi connectivity index (χ3v) is 4.27. The number of hydrogen-bond acceptors (Lipinski definition) is 5. The van der Waals surface area contributed by atoms with Crippen molar-refractivity contribution >= 4 is 17.4 Å². The summed E-state index contributed by atoms with van der Waals surface area (Å²) in [5.74, 6) is 0.570. The first kappa shape index (κ1) is 16.7. The molecule has 1 atom stereocenters. The quantitative estimate of drug-likeness (QED) is 0.584. The van der Waals surface area contributed by atoms with E-state index in [1.54, 1.807) is 18.3 Å². The van der Waals surface area contributed by atoms with Crippen LogP contribution >= 0.6 is 0 Å². The van der Waals surface area contributed by atoms with Crippen molar-refractivity contribution in [3.05, 3.63) is 78.0 Å². The molecule has 4 rings (SSSR count). The van der Waals surface area contributed by atoms with Crippen molar-refractivity contribution in [2.45, 2.75) is 13.0 Å². The number of fused-ring (bicyclic) bond motifs is 1. The van der Waals surface area contributed by atoms with E-state index < -0.39 is 0 Å². The van der Waals surface area contributed by atoms with Crippen LogP contribution in [0.15, 0.2) is 66.9 Å². The van der Waals surface area contributed by atoms with E-state index in [-0.39, 0.29) is 11.9 Å². The number of aromatic nitrogens is 4. The number of amides is 1. The minimum Gasteiger partial charge on any atom is -0.384 e. The summed E-state index contributed by atoms with van der Waals surface area (Å²) < 4.78 is 1.50. The van der Waals surface area contributed by atoms with Crippen LogP contribution in [0.4, 0.5) is 5.82 Å². The average molecular weight is 358 g/mol. The van der Waals surface area contributed by atoms with Crippen LogP contribution in [0.5, 0.6) is 0 Å². The first-order valence-electron chi connectivity index (χ1n) is 8.55. The standard InChI is InChI=1S/C20H18N6O/c1-13(14-7-3-2-4-8-14)23-20(27)15-11-17(21)26-18(12-15)24-19(25-26)16-9-5-6-10-22-16/h2-13H,21H2,1H3,(H,23,27). The summed E-state index contributed by atoms with van der Waals surface area (Å²) in [6.07, 6.45) is 1.67. The van der Waals surface area contributed by atoms with E-state index in [0.29, 0.717) is 28.5 Å². The summed E-state index contributed by atoms with van der Waals surface area (Å²) in [7, 11) is 0.